The van der Waals surface area contributed by atoms with Crippen molar-refractivity contribution in [1.29, 1.82) is 0 Å². The van der Waals surface area contributed by atoms with E-state index in [1.807, 2.05) is 0 Å². The van der Waals surface area contributed by atoms with Crippen LogP contribution < -0.4 is 10.2 Å². The third-order valence-electron chi connectivity index (χ3n) is 3.77. The molecule has 0 aliphatic carbocycles. The minimum Gasteiger partial charge on any atom is -0.359 e. The molecular formula is C18H33N3. The molecule has 1 rings (SSSR count). The predicted octanol–water partition coefficient (Wildman–Crippen LogP) is 4.07. The summed E-state index contributed by atoms with van der Waals surface area (Å²) in [7, 11) is 2.17. The number of hydrogen-bond acceptors (Lipinski definition) is 3. The number of aromatic nitrogens is 1. The molecule has 0 saturated heterocycles. The van der Waals surface area contributed by atoms with Gasteiger partial charge >= 0.3 is 0 Å². The Kier molecular flexibility index (Phi) is 7.73. The second-order valence-electron chi connectivity index (χ2n) is 6.54. The van der Waals surface area contributed by atoms with E-state index < -0.39 is 0 Å². The maximum Gasteiger partial charge on any atom is 0.133 e. The van der Waals surface area contributed by atoms with Gasteiger partial charge in [0.25, 0.3) is 0 Å². The Hall–Kier alpha value is -1.09. The highest BCUT2D eigenvalue weighted by Crippen LogP contribution is 2.22. The predicted molar refractivity (Wildman–Crippen MR) is 93.1 cm³/mol. The summed E-state index contributed by atoms with van der Waals surface area (Å²) in [5, 5.41) is 3.56. The minimum absolute atomic E-state index is 0.675. The third-order valence-corrected chi connectivity index (χ3v) is 3.77. The van der Waals surface area contributed by atoms with Crippen LogP contribution in [0.3, 0.4) is 0 Å². The van der Waals surface area contributed by atoms with Crippen molar-refractivity contribution in [3.8, 4) is 0 Å². The Morgan fingerprint density at radius 3 is 2.57 bits per heavy atom. The number of pyridine rings is 1. The molecule has 0 amide bonds. The van der Waals surface area contributed by atoms with Crippen LogP contribution in [0, 0.1) is 19.8 Å². The van der Waals surface area contributed by atoms with E-state index in [1.54, 1.807) is 0 Å². The number of aryl methyl sites for hydroxylation is 2. The lowest BCUT2D eigenvalue weighted by molar-refractivity contribution is 0.550. The van der Waals surface area contributed by atoms with Gasteiger partial charge in [-0.15, -0.1) is 0 Å². The van der Waals surface area contributed by atoms with E-state index in [-0.39, 0.29) is 0 Å². The normalized spacial score (nSPS) is 11.2. The SMILES string of the molecule is CCCCCN(C)c1nc(C)cc(C)c1CNCC(C)C. The van der Waals surface area contributed by atoms with Crippen molar-refractivity contribution in [2.75, 3.05) is 25.0 Å². The molecular weight excluding hydrogens is 258 g/mol. The lowest BCUT2D eigenvalue weighted by Crippen LogP contribution is -2.25. The number of anilines is 1. The molecule has 3 nitrogen and oxygen atoms in total. The number of rotatable bonds is 9. The first-order valence-corrected chi connectivity index (χ1v) is 8.34. The Morgan fingerprint density at radius 1 is 1.24 bits per heavy atom. The van der Waals surface area contributed by atoms with Crippen LogP contribution in [-0.4, -0.2) is 25.1 Å². The first kappa shape index (κ1) is 18.0. The lowest BCUT2D eigenvalue weighted by Gasteiger charge is -2.23. The van der Waals surface area contributed by atoms with Gasteiger partial charge in [0, 0.05) is 31.4 Å². The molecule has 0 fully saturated rings. The number of nitrogens with zero attached hydrogens (tertiary/aromatic N) is 2. The second-order valence-corrected chi connectivity index (χ2v) is 6.54. The zero-order valence-electron chi connectivity index (χ0n) is 14.8. The van der Waals surface area contributed by atoms with Crippen LogP contribution in [0.2, 0.25) is 0 Å². The highest BCUT2D eigenvalue weighted by molar-refractivity contribution is 5.51. The fourth-order valence-electron chi connectivity index (χ4n) is 2.57. The van der Waals surface area contributed by atoms with Crippen molar-refractivity contribution >= 4 is 5.82 Å². The van der Waals surface area contributed by atoms with Crippen LogP contribution in [-0.2, 0) is 6.54 Å². The molecule has 0 spiro atoms. The molecule has 1 N–H and O–H groups in total. The first-order valence-electron chi connectivity index (χ1n) is 8.34. The van der Waals surface area contributed by atoms with Gasteiger partial charge in [0.15, 0.2) is 0 Å². The molecule has 1 heterocycles. The standard InChI is InChI=1S/C18H33N3/c1-7-8-9-10-21(6)18-17(13-19-12-14(2)3)15(4)11-16(5)20-18/h11,14,19H,7-10,12-13H2,1-6H3. The van der Waals surface area contributed by atoms with Crippen LogP contribution in [0.5, 0.6) is 0 Å². The van der Waals surface area contributed by atoms with Crippen molar-refractivity contribution < 1.29 is 0 Å². The molecule has 120 valence electrons. The van der Waals surface area contributed by atoms with Crippen molar-refractivity contribution in [3.63, 3.8) is 0 Å². The third kappa shape index (κ3) is 6.04. The average molecular weight is 291 g/mol. The van der Waals surface area contributed by atoms with E-state index in [1.165, 1.54) is 30.4 Å². The highest BCUT2D eigenvalue weighted by atomic mass is 15.2. The summed E-state index contributed by atoms with van der Waals surface area (Å²) in [6, 6.07) is 2.19. The second kappa shape index (κ2) is 9.04. The summed E-state index contributed by atoms with van der Waals surface area (Å²) < 4.78 is 0. The van der Waals surface area contributed by atoms with Gasteiger partial charge in [0.1, 0.15) is 5.82 Å². The number of hydrogen-bond donors (Lipinski definition) is 1. The molecule has 0 radical (unpaired) electrons. The fraction of sp³-hybridized carbons (Fsp3) is 0.722. The Morgan fingerprint density at radius 2 is 1.95 bits per heavy atom. The van der Waals surface area contributed by atoms with Gasteiger partial charge < -0.3 is 10.2 Å². The van der Waals surface area contributed by atoms with Gasteiger partial charge in [-0.3, -0.25) is 0 Å². The van der Waals surface area contributed by atoms with Gasteiger partial charge in [0.2, 0.25) is 0 Å². The summed E-state index contributed by atoms with van der Waals surface area (Å²) in [6.45, 7) is 14.1. The Balaban J connectivity index is 2.83. The number of nitrogens with one attached hydrogen (secondary N) is 1. The van der Waals surface area contributed by atoms with Gasteiger partial charge in [0.05, 0.1) is 0 Å². The summed E-state index contributed by atoms with van der Waals surface area (Å²) in [4.78, 5) is 7.12. The molecule has 21 heavy (non-hydrogen) atoms. The van der Waals surface area contributed by atoms with Crippen LogP contribution in [0.1, 0.15) is 56.9 Å². The topological polar surface area (TPSA) is 28.2 Å². The van der Waals surface area contributed by atoms with Crippen molar-refractivity contribution in [2.45, 2.75) is 60.4 Å². The monoisotopic (exact) mass is 291 g/mol. The van der Waals surface area contributed by atoms with E-state index in [4.69, 9.17) is 4.98 Å². The maximum absolute atomic E-state index is 4.80. The Bertz CT molecular complexity index is 427. The van der Waals surface area contributed by atoms with Gasteiger partial charge in [-0.1, -0.05) is 33.6 Å². The van der Waals surface area contributed by atoms with E-state index in [9.17, 15) is 0 Å². The van der Waals surface area contributed by atoms with E-state index in [0.29, 0.717) is 5.92 Å². The van der Waals surface area contributed by atoms with E-state index in [2.05, 4.69) is 57.9 Å². The zero-order chi connectivity index (χ0) is 15.8. The Labute approximate surface area is 131 Å². The molecule has 0 aliphatic heterocycles. The quantitative estimate of drug-likeness (QED) is 0.695. The zero-order valence-corrected chi connectivity index (χ0v) is 14.8. The highest BCUT2D eigenvalue weighted by Gasteiger charge is 2.12. The molecule has 1 aromatic heterocycles. The van der Waals surface area contributed by atoms with Crippen molar-refractivity contribution in [1.82, 2.24) is 10.3 Å². The molecule has 0 bridgehead atoms. The summed E-state index contributed by atoms with van der Waals surface area (Å²) in [5.41, 5.74) is 3.80. The van der Waals surface area contributed by atoms with Gasteiger partial charge in [-0.2, -0.15) is 0 Å². The van der Waals surface area contributed by atoms with Crippen LogP contribution in [0.25, 0.3) is 0 Å². The first-order chi connectivity index (χ1) is 9.95. The van der Waals surface area contributed by atoms with Gasteiger partial charge in [-0.05, 0) is 44.4 Å². The maximum atomic E-state index is 4.80. The summed E-state index contributed by atoms with van der Waals surface area (Å²) in [6.07, 6.45) is 3.79. The van der Waals surface area contributed by atoms with Crippen molar-refractivity contribution in [3.05, 3.63) is 22.9 Å². The molecule has 0 atom stereocenters. The van der Waals surface area contributed by atoms with E-state index in [0.717, 1.165) is 31.1 Å². The van der Waals surface area contributed by atoms with Crippen molar-refractivity contribution in [2.24, 2.45) is 5.92 Å². The fourth-order valence-corrected chi connectivity index (χ4v) is 2.57. The molecule has 0 unspecified atom stereocenters. The minimum atomic E-state index is 0.675. The molecule has 0 aromatic carbocycles. The molecule has 1 aromatic rings. The van der Waals surface area contributed by atoms with Crippen LogP contribution in [0.15, 0.2) is 6.07 Å². The molecule has 0 saturated carbocycles. The average Bonchev–Trinajstić information content (AvgIpc) is 2.40. The molecule has 3 heteroatoms. The molecule has 0 aliphatic rings. The van der Waals surface area contributed by atoms with Crippen LogP contribution >= 0.6 is 0 Å². The number of unbranched alkanes of at least 4 members (excludes halogenated alkanes) is 2. The lowest BCUT2D eigenvalue weighted by atomic mass is 10.1. The van der Waals surface area contributed by atoms with Crippen LogP contribution in [0.4, 0.5) is 5.82 Å². The van der Waals surface area contributed by atoms with E-state index >= 15 is 0 Å². The summed E-state index contributed by atoms with van der Waals surface area (Å²) >= 11 is 0. The largest absolute Gasteiger partial charge is 0.359 e. The smallest absolute Gasteiger partial charge is 0.133 e. The summed E-state index contributed by atoms with van der Waals surface area (Å²) in [5.74, 6) is 1.83. The van der Waals surface area contributed by atoms with Gasteiger partial charge in [-0.25, -0.2) is 4.98 Å².